The minimum absolute atomic E-state index is 0.0206. The highest BCUT2D eigenvalue weighted by atomic mass is 32.1. The van der Waals surface area contributed by atoms with Gasteiger partial charge in [-0.3, -0.25) is 0 Å². The fraction of sp³-hybridized carbons (Fsp3) is 0.359. The van der Waals surface area contributed by atoms with E-state index >= 15 is 0 Å². The highest BCUT2D eigenvalue weighted by Crippen LogP contribution is 2.64. The van der Waals surface area contributed by atoms with Gasteiger partial charge in [0.2, 0.25) is 0 Å². The molecular formula is C78H79BN4OS. The molecule has 4 unspecified atom stereocenters. The van der Waals surface area contributed by atoms with Crippen LogP contribution in [0.5, 0.6) is 0 Å². The van der Waals surface area contributed by atoms with E-state index in [1.807, 2.05) is 11.3 Å². The molecular weight excluding hydrogens is 1050 g/mol. The second kappa shape index (κ2) is 16.8. The van der Waals surface area contributed by atoms with Crippen LogP contribution in [0.1, 0.15) is 169 Å². The number of benzene rings is 8. The Morgan fingerprint density at radius 2 is 1.02 bits per heavy atom. The molecule has 85 heavy (non-hydrogen) atoms. The lowest BCUT2D eigenvalue weighted by atomic mass is 9.33. The number of thiophene rings is 1. The normalized spacial score (nSPS) is 23.3. The van der Waals surface area contributed by atoms with Crippen LogP contribution in [0.2, 0.25) is 0 Å². The summed E-state index contributed by atoms with van der Waals surface area (Å²) in [5, 5.41) is 4.97. The summed E-state index contributed by atoms with van der Waals surface area (Å²) in [4.78, 5) is 8.45. The Balaban J connectivity index is 1.03. The lowest BCUT2D eigenvalue weighted by molar-refractivity contribution is 0.195. The zero-order valence-electron chi connectivity index (χ0n) is 52.2. The van der Waals surface area contributed by atoms with Crippen molar-refractivity contribution in [2.75, 3.05) is 14.7 Å². The number of anilines is 7. The van der Waals surface area contributed by atoms with Gasteiger partial charge >= 0.3 is 0 Å². The van der Waals surface area contributed by atoms with E-state index in [9.17, 15) is 0 Å². The first-order valence-corrected chi connectivity index (χ1v) is 32.8. The van der Waals surface area contributed by atoms with Gasteiger partial charge in [-0.2, -0.15) is 0 Å². The lowest BCUT2D eigenvalue weighted by Gasteiger charge is -2.51. The first kappa shape index (κ1) is 52.1. The average molecular weight is 1130 g/mol. The molecule has 17 rings (SSSR count). The summed E-state index contributed by atoms with van der Waals surface area (Å²) in [6.45, 7) is 31.8. The quantitative estimate of drug-likeness (QED) is 0.165. The van der Waals surface area contributed by atoms with Gasteiger partial charge < -0.3 is 23.7 Å². The Hall–Kier alpha value is -7.22. The Morgan fingerprint density at radius 3 is 1.68 bits per heavy atom. The zero-order valence-corrected chi connectivity index (χ0v) is 53.0. The lowest BCUT2D eigenvalue weighted by Crippen LogP contribution is -2.61. The van der Waals surface area contributed by atoms with Crippen molar-refractivity contribution in [3.05, 3.63) is 173 Å². The number of furan rings is 1. The summed E-state index contributed by atoms with van der Waals surface area (Å²) in [5.41, 5.74) is 25.3. The highest BCUT2D eigenvalue weighted by Gasteiger charge is 2.60. The number of para-hydroxylation sites is 1. The third-order valence-corrected chi connectivity index (χ3v) is 24.2. The number of fused-ring (bicyclic) bond motifs is 18. The number of hydrogen-bond donors (Lipinski definition) is 0. The predicted molar refractivity (Wildman–Crippen MR) is 364 cm³/mol. The van der Waals surface area contributed by atoms with Crippen LogP contribution in [-0.4, -0.2) is 22.4 Å². The number of hydrogen-bond acceptors (Lipinski definition) is 5. The number of nitrogens with zero attached hydrogens (tertiary/aromatic N) is 4. The molecule has 426 valence electrons. The maximum atomic E-state index is 7.23. The average Bonchev–Trinajstić information content (AvgIpc) is 1.67. The summed E-state index contributed by atoms with van der Waals surface area (Å²) in [5.74, 6) is 0. The molecule has 7 heteroatoms. The molecule has 0 radical (unpaired) electrons. The van der Waals surface area contributed by atoms with Crippen LogP contribution < -0.4 is 31.1 Å². The van der Waals surface area contributed by atoms with E-state index in [-0.39, 0.29) is 44.9 Å². The van der Waals surface area contributed by atoms with E-state index in [0.29, 0.717) is 0 Å². The largest absolute Gasteiger partial charge is 0.454 e. The fourth-order valence-electron chi connectivity index (χ4n) is 18.1. The second-order valence-electron chi connectivity index (χ2n) is 30.7. The molecule has 0 bridgehead atoms. The Morgan fingerprint density at radius 1 is 0.447 bits per heavy atom. The summed E-state index contributed by atoms with van der Waals surface area (Å²) >= 11 is 1.92. The van der Waals surface area contributed by atoms with Crippen LogP contribution in [0.4, 0.5) is 39.8 Å². The van der Waals surface area contributed by atoms with Crippen molar-refractivity contribution in [2.24, 2.45) is 0 Å². The fourth-order valence-corrected chi connectivity index (χ4v) is 19.2. The van der Waals surface area contributed by atoms with Crippen LogP contribution >= 0.6 is 11.3 Å². The minimum atomic E-state index is -0.186. The van der Waals surface area contributed by atoms with Crippen LogP contribution in [0.15, 0.2) is 150 Å². The van der Waals surface area contributed by atoms with Gasteiger partial charge in [-0.05, 0) is 173 Å². The van der Waals surface area contributed by atoms with Gasteiger partial charge in [0.25, 0.3) is 6.71 Å². The third-order valence-electron chi connectivity index (χ3n) is 23.1. The molecule has 0 saturated heterocycles. The van der Waals surface area contributed by atoms with E-state index < -0.39 is 0 Å². The molecule has 4 aliphatic heterocycles. The van der Waals surface area contributed by atoms with Crippen molar-refractivity contribution in [3.8, 4) is 5.69 Å². The summed E-state index contributed by atoms with van der Waals surface area (Å²) in [6.07, 6.45) is 9.51. The van der Waals surface area contributed by atoms with Crippen molar-refractivity contribution in [1.29, 1.82) is 0 Å². The Bertz CT molecular complexity index is 4740. The van der Waals surface area contributed by atoms with Gasteiger partial charge in [0.1, 0.15) is 11.1 Å². The Kier molecular flexibility index (Phi) is 10.3. The Labute approximate surface area is 506 Å². The van der Waals surface area contributed by atoms with Gasteiger partial charge in [0.15, 0.2) is 5.58 Å². The van der Waals surface area contributed by atoms with E-state index in [0.717, 1.165) is 41.3 Å². The van der Waals surface area contributed by atoms with Crippen LogP contribution in [0.3, 0.4) is 0 Å². The summed E-state index contributed by atoms with van der Waals surface area (Å²) in [7, 11) is 0. The van der Waals surface area contributed by atoms with Crippen LogP contribution in [0, 0.1) is 0 Å². The molecule has 0 spiro atoms. The van der Waals surface area contributed by atoms with Crippen molar-refractivity contribution < 1.29 is 4.42 Å². The molecule has 11 aromatic rings. The highest BCUT2D eigenvalue weighted by molar-refractivity contribution is 7.26. The first-order valence-electron chi connectivity index (χ1n) is 32.0. The standard InChI is InChI=1S/C78H79BN4OS/c1-72(2,3)46-29-33-58-54(40-46)75(10)35-18-20-37-77(75,12)82(58)49-31-32-56-61(43-49)80(60-25-22-28-66-67(60)52-24-15-17-27-65(52)85-66)62-44-50(83-59-34-30-47(73(4,5)6)41-55(59)76(11)36-19-21-38-78(76,83)13)45-63-68(62)79(56)57-42-48(74(7,8)9)39-53-69(57)81(63)70-51-23-14-16-26-64(51)84-71(53)70/h14-17,22-34,39-45H,18-21,35-38H2,1-13H3. The molecule has 0 amide bonds. The van der Waals surface area contributed by atoms with E-state index in [1.54, 1.807) is 0 Å². The summed E-state index contributed by atoms with van der Waals surface area (Å²) < 4.78 is 12.5. The molecule has 2 fully saturated rings. The van der Waals surface area contributed by atoms with Crippen molar-refractivity contribution in [1.82, 2.24) is 4.57 Å². The molecule has 2 aliphatic carbocycles. The molecule has 0 N–H and O–H groups in total. The smallest absolute Gasteiger partial charge is 0.252 e. The zero-order chi connectivity index (χ0) is 58.4. The monoisotopic (exact) mass is 1130 g/mol. The van der Waals surface area contributed by atoms with Gasteiger partial charge in [-0.15, -0.1) is 11.3 Å². The van der Waals surface area contributed by atoms with Gasteiger partial charge in [-0.1, -0.05) is 175 Å². The molecule has 3 aromatic heterocycles. The minimum Gasteiger partial charge on any atom is -0.454 e. The predicted octanol–water partition coefficient (Wildman–Crippen LogP) is 19.9. The van der Waals surface area contributed by atoms with Gasteiger partial charge in [0, 0.05) is 81.6 Å². The van der Waals surface area contributed by atoms with E-state index in [4.69, 9.17) is 4.42 Å². The molecule has 6 aliphatic rings. The maximum Gasteiger partial charge on any atom is 0.252 e. The SMILES string of the molecule is CC(C)(C)c1ccc2c(c1)C1(C)CCCCC1(C)N2c1ccc2c(c1)N(c1cccc3sc4ccccc4c13)c1cc(N3c4ccc(C(C)(C)C)cc4C4(C)CCCCC34C)cc3c1B2c1cc(C(C)(C)C)cc2c4oc5ccccc5c4n-3c12. The number of rotatable bonds is 3. The maximum absolute atomic E-state index is 7.23. The topological polar surface area (TPSA) is 27.8 Å². The van der Waals surface area contributed by atoms with Crippen molar-refractivity contribution >= 4 is 127 Å². The third kappa shape index (κ3) is 6.67. The first-order chi connectivity index (χ1) is 40.5. The van der Waals surface area contributed by atoms with E-state index in [1.165, 1.54) is 153 Å². The van der Waals surface area contributed by atoms with Gasteiger partial charge in [-0.25, -0.2) is 0 Å². The molecule has 8 aromatic carbocycles. The molecule has 5 nitrogen and oxygen atoms in total. The van der Waals surface area contributed by atoms with Crippen molar-refractivity contribution in [2.45, 2.75) is 180 Å². The van der Waals surface area contributed by atoms with E-state index in [2.05, 4.69) is 255 Å². The van der Waals surface area contributed by atoms with Crippen LogP contribution in [0.25, 0.3) is 58.8 Å². The van der Waals surface area contributed by atoms with Crippen molar-refractivity contribution in [3.63, 3.8) is 0 Å². The van der Waals surface area contributed by atoms with Gasteiger partial charge in [0.05, 0.1) is 22.3 Å². The molecule has 2 saturated carbocycles. The molecule has 4 atom stereocenters. The second-order valence-corrected chi connectivity index (χ2v) is 31.8. The number of aromatic nitrogens is 1. The molecule has 7 heterocycles. The van der Waals surface area contributed by atoms with Crippen LogP contribution in [-0.2, 0) is 27.1 Å². The summed E-state index contributed by atoms with van der Waals surface area (Å²) in [6, 6.07) is 58.3.